The number of aryl methyl sites for hydroxylation is 1. The lowest BCUT2D eigenvalue weighted by Gasteiger charge is -2.34. The second-order valence-electron chi connectivity index (χ2n) is 7.60. The summed E-state index contributed by atoms with van der Waals surface area (Å²) in [4.78, 5) is 43.0. The molecule has 0 aromatic carbocycles. The Morgan fingerprint density at radius 1 is 1.31 bits per heavy atom. The number of hydrogen-bond donors (Lipinski definition) is 3. The fourth-order valence-electron chi connectivity index (χ4n) is 3.89. The van der Waals surface area contributed by atoms with Crippen LogP contribution in [-0.4, -0.2) is 71.0 Å². The summed E-state index contributed by atoms with van der Waals surface area (Å²) in [5.74, 6) is -0.242. The molecule has 0 unspecified atom stereocenters. The van der Waals surface area contributed by atoms with Crippen molar-refractivity contribution in [2.24, 2.45) is 19.8 Å². The number of aromatic nitrogens is 4. The van der Waals surface area contributed by atoms with Gasteiger partial charge in [-0.2, -0.15) is 0 Å². The van der Waals surface area contributed by atoms with E-state index in [1.54, 1.807) is 6.92 Å². The number of halogens is 1. The van der Waals surface area contributed by atoms with Crippen molar-refractivity contribution in [3.8, 4) is 0 Å². The van der Waals surface area contributed by atoms with E-state index < -0.39 is 29.0 Å². The average Bonchev–Trinajstić information content (AvgIpc) is 3.00. The zero-order chi connectivity index (χ0) is 20.8. The van der Waals surface area contributed by atoms with Crippen LogP contribution in [-0.2, 0) is 18.9 Å². The number of carbonyl (C=O) groups excluding carboxylic acids is 1. The highest BCUT2D eigenvalue weighted by molar-refractivity contribution is 5.85. The van der Waals surface area contributed by atoms with Crippen molar-refractivity contribution in [1.29, 1.82) is 0 Å². The standard InChI is InChI=1S/C17H26N6O5.ClH/c1-17(28)6-10(24)7-22(12(25)4-5-18)8-11(17)23-9-19-14-13(23)15(26)21(3)16(27)20(14)2;/h9-11,24,28H,4-8,18H2,1-3H3;1H/t10-,11+,17+;/m1./s1. The van der Waals surface area contributed by atoms with Gasteiger partial charge in [-0.1, -0.05) is 0 Å². The average molecular weight is 431 g/mol. The minimum Gasteiger partial charge on any atom is -0.391 e. The van der Waals surface area contributed by atoms with Crippen molar-refractivity contribution in [2.45, 2.75) is 37.5 Å². The van der Waals surface area contributed by atoms with Crippen LogP contribution in [0.3, 0.4) is 0 Å². The molecule has 29 heavy (non-hydrogen) atoms. The SMILES string of the molecule is Cl.Cn1c(=O)c2c(ncn2[C@H]2CN(C(=O)CCN)C[C@H](O)C[C@]2(C)O)n(C)c1=O. The van der Waals surface area contributed by atoms with Gasteiger partial charge < -0.3 is 25.4 Å². The van der Waals surface area contributed by atoms with Crippen LogP contribution < -0.4 is 17.0 Å². The van der Waals surface area contributed by atoms with Crippen molar-refractivity contribution in [3.05, 3.63) is 27.2 Å². The molecule has 1 aliphatic rings. The van der Waals surface area contributed by atoms with Gasteiger partial charge in [0.25, 0.3) is 5.56 Å². The van der Waals surface area contributed by atoms with Crippen LogP contribution in [0.2, 0.25) is 0 Å². The van der Waals surface area contributed by atoms with E-state index in [1.165, 1.54) is 34.5 Å². The highest BCUT2D eigenvalue weighted by Gasteiger charge is 2.42. The number of amides is 1. The smallest absolute Gasteiger partial charge is 0.332 e. The van der Waals surface area contributed by atoms with Crippen molar-refractivity contribution < 1.29 is 15.0 Å². The van der Waals surface area contributed by atoms with Gasteiger partial charge in [0.15, 0.2) is 11.2 Å². The molecule has 0 radical (unpaired) electrons. The minimum atomic E-state index is -1.43. The zero-order valence-electron chi connectivity index (χ0n) is 16.6. The van der Waals surface area contributed by atoms with E-state index >= 15 is 0 Å². The van der Waals surface area contributed by atoms with Gasteiger partial charge in [0.1, 0.15) is 0 Å². The van der Waals surface area contributed by atoms with Crippen molar-refractivity contribution in [2.75, 3.05) is 19.6 Å². The quantitative estimate of drug-likeness (QED) is 0.514. The van der Waals surface area contributed by atoms with Gasteiger partial charge in [-0.25, -0.2) is 9.78 Å². The molecule has 12 heteroatoms. The topological polar surface area (TPSA) is 149 Å². The first-order valence-electron chi connectivity index (χ1n) is 9.09. The lowest BCUT2D eigenvalue weighted by Crippen LogP contribution is -2.44. The molecule has 0 aliphatic carbocycles. The van der Waals surface area contributed by atoms with Gasteiger partial charge in [0.2, 0.25) is 5.91 Å². The Balaban J connectivity index is 0.00000300. The monoisotopic (exact) mass is 430 g/mol. The number of nitrogens with zero attached hydrogens (tertiary/aromatic N) is 5. The Morgan fingerprint density at radius 2 is 1.97 bits per heavy atom. The fourth-order valence-corrected chi connectivity index (χ4v) is 3.89. The second-order valence-corrected chi connectivity index (χ2v) is 7.60. The second kappa shape index (κ2) is 8.27. The number of aliphatic hydroxyl groups excluding tert-OH is 1. The molecule has 1 aliphatic heterocycles. The first kappa shape index (κ1) is 23.1. The van der Waals surface area contributed by atoms with E-state index in [9.17, 15) is 24.6 Å². The highest BCUT2D eigenvalue weighted by Crippen LogP contribution is 2.33. The largest absolute Gasteiger partial charge is 0.391 e. The summed E-state index contributed by atoms with van der Waals surface area (Å²) in [6.07, 6.45) is 0.579. The van der Waals surface area contributed by atoms with E-state index in [2.05, 4.69) is 4.98 Å². The van der Waals surface area contributed by atoms with Crippen LogP contribution in [0.1, 0.15) is 25.8 Å². The number of hydrogen-bond acceptors (Lipinski definition) is 7. The maximum absolute atomic E-state index is 12.8. The summed E-state index contributed by atoms with van der Waals surface area (Å²) in [6.45, 7) is 1.86. The summed E-state index contributed by atoms with van der Waals surface area (Å²) < 4.78 is 3.72. The molecular formula is C17H27ClN6O5. The molecule has 3 atom stereocenters. The van der Waals surface area contributed by atoms with Gasteiger partial charge >= 0.3 is 5.69 Å². The summed E-state index contributed by atoms with van der Waals surface area (Å²) >= 11 is 0. The van der Waals surface area contributed by atoms with Crippen LogP contribution in [0.15, 0.2) is 15.9 Å². The van der Waals surface area contributed by atoms with Gasteiger partial charge in [-0.15, -0.1) is 12.4 Å². The molecule has 4 N–H and O–H groups in total. The Labute approximate surface area is 172 Å². The third-order valence-electron chi connectivity index (χ3n) is 5.41. The van der Waals surface area contributed by atoms with Crippen LogP contribution in [0.4, 0.5) is 0 Å². The van der Waals surface area contributed by atoms with Crippen LogP contribution in [0.25, 0.3) is 11.2 Å². The van der Waals surface area contributed by atoms with Crippen molar-refractivity contribution >= 4 is 29.5 Å². The van der Waals surface area contributed by atoms with Gasteiger partial charge in [-0.3, -0.25) is 18.7 Å². The zero-order valence-corrected chi connectivity index (χ0v) is 17.4. The normalized spacial score (nSPS) is 25.0. The molecule has 0 saturated carbocycles. The number of fused-ring (bicyclic) bond motifs is 1. The van der Waals surface area contributed by atoms with Crippen LogP contribution >= 0.6 is 12.4 Å². The highest BCUT2D eigenvalue weighted by atomic mass is 35.5. The molecule has 1 amide bonds. The van der Waals surface area contributed by atoms with Crippen LogP contribution in [0.5, 0.6) is 0 Å². The summed E-state index contributed by atoms with van der Waals surface area (Å²) in [5, 5.41) is 21.4. The molecular weight excluding hydrogens is 404 g/mol. The van der Waals surface area contributed by atoms with E-state index in [0.29, 0.717) is 0 Å². The van der Waals surface area contributed by atoms with E-state index in [0.717, 1.165) is 4.57 Å². The molecule has 2 aromatic heterocycles. The number of imidazole rings is 1. The maximum atomic E-state index is 12.8. The van der Waals surface area contributed by atoms with Gasteiger partial charge in [0, 0.05) is 46.6 Å². The summed E-state index contributed by atoms with van der Waals surface area (Å²) in [6, 6.07) is -0.749. The predicted octanol–water partition coefficient (Wildman–Crippen LogP) is -1.91. The van der Waals surface area contributed by atoms with E-state index in [1.807, 2.05) is 0 Å². The van der Waals surface area contributed by atoms with Crippen molar-refractivity contribution in [3.63, 3.8) is 0 Å². The number of nitrogens with two attached hydrogens (primary N) is 1. The number of carbonyl (C=O) groups is 1. The summed E-state index contributed by atoms with van der Waals surface area (Å²) in [5.41, 5.74) is 3.34. The number of aliphatic hydroxyl groups is 2. The third kappa shape index (κ3) is 3.95. The Morgan fingerprint density at radius 3 is 2.59 bits per heavy atom. The lowest BCUT2D eigenvalue weighted by molar-refractivity contribution is -0.132. The molecule has 3 heterocycles. The Hall–Kier alpha value is -2.21. The number of β-amino-alcohol motifs (C(OH)–C–C–N with tert-alkyl or cyclic N) is 1. The van der Waals surface area contributed by atoms with Gasteiger partial charge in [0.05, 0.1) is 24.1 Å². The first-order valence-corrected chi connectivity index (χ1v) is 9.09. The van der Waals surface area contributed by atoms with Crippen LogP contribution in [0, 0.1) is 0 Å². The van der Waals surface area contributed by atoms with E-state index in [4.69, 9.17) is 5.73 Å². The van der Waals surface area contributed by atoms with Crippen molar-refractivity contribution in [1.82, 2.24) is 23.6 Å². The molecule has 2 aromatic rings. The maximum Gasteiger partial charge on any atom is 0.332 e. The predicted molar refractivity (Wildman–Crippen MR) is 108 cm³/mol. The fraction of sp³-hybridized carbons (Fsp3) is 0.647. The molecule has 0 spiro atoms. The molecule has 162 valence electrons. The summed E-state index contributed by atoms with van der Waals surface area (Å²) in [7, 11) is 2.88. The molecule has 3 rings (SSSR count). The molecule has 1 fully saturated rings. The van der Waals surface area contributed by atoms with Gasteiger partial charge in [-0.05, 0) is 6.92 Å². The molecule has 0 bridgehead atoms. The number of rotatable bonds is 3. The number of likely N-dealkylation sites (tertiary alicyclic amines) is 1. The minimum absolute atomic E-state index is 0. The lowest BCUT2D eigenvalue weighted by atomic mass is 9.91. The van der Waals surface area contributed by atoms with E-state index in [-0.39, 0.29) is 62.0 Å². The molecule has 11 nitrogen and oxygen atoms in total. The Kier molecular flexibility index (Phi) is 6.58. The third-order valence-corrected chi connectivity index (χ3v) is 5.41. The molecule has 1 saturated heterocycles. The Bertz CT molecular complexity index is 1030. The first-order chi connectivity index (χ1) is 13.1.